The monoisotopic (exact) mass is 299 g/mol. The van der Waals surface area contributed by atoms with Gasteiger partial charge in [0.05, 0.1) is 39.5 Å². The molecule has 0 aromatic heterocycles. The molecule has 0 bridgehead atoms. The number of phenolic OH excluding ortho intramolecular Hbond substituents is 2. The van der Waals surface area contributed by atoms with Crippen LogP contribution >= 0.6 is 0 Å². The van der Waals surface area contributed by atoms with Crippen molar-refractivity contribution in [2.45, 2.75) is 6.42 Å². The summed E-state index contributed by atoms with van der Waals surface area (Å²) in [5, 5.41) is 29.6. The van der Waals surface area contributed by atoms with Gasteiger partial charge in [0.2, 0.25) is 5.91 Å². The van der Waals surface area contributed by atoms with Crippen LogP contribution in [0.2, 0.25) is 0 Å². The Morgan fingerprint density at radius 1 is 1.05 bits per heavy atom. The van der Waals surface area contributed by atoms with Crippen molar-refractivity contribution in [2.75, 3.05) is 39.6 Å². The van der Waals surface area contributed by atoms with Crippen LogP contribution in [0.25, 0.3) is 0 Å². The summed E-state index contributed by atoms with van der Waals surface area (Å²) < 4.78 is 10.2. The summed E-state index contributed by atoms with van der Waals surface area (Å²) in [4.78, 5) is 11.6. The number of hydrogen-bond acceptors (Lipinski definition) is 6. The smallest absolute Gasteiger partial charge is 0.224 e. The molecule has 0 heterocycles. The van der Waals surface area contributed by atoms with Crippen molar-refractivity contribution in [3.05, 3.63) is 23.8 Å². The van der Waals surface area contributed by atoms with Gasteiger partial charge in [-0.2, -0.15) is 0 Å². The minimum atomic E-state index is -0.244. The fraction of sp³-hybridized carbons (Fsp3) is 0.500. The summed E-state index contributed by atoms with van der Waals surface area (Å²) in [5.74, 6) is -0.650. The second-order valence-corrected chi connectivity index (χ2v) is 4.30. The van der Waals surface area contributed by atoms with Crippen LogP contribution in [0.3, 0.4) is 0 Å². The molecule has 0 atom stereocenters. The maximum Gasteiger partial charge on any atom is 0.224 e. The molecule has 7 nitrogen and oxygen atoms in total. The summed E-state index contributed by atoms with van der Waals surface area (Å²) in [6.45, 7) is 1.84. The Labute approximate surface area is 123 Å². The van der Waals surface area contributed by atoms with Crippen molar-refractivity contribution in [3.63, 3.8) is 0 Å². The molecule has 0 fully saturated rings. The van der Waals surface area contributed by atoms with Crippen LogP contribution in [0.5, 0.6) is 11.5 Å². The van der Waals surface area contributed by atoms with Gasteiger partial charge in [-0.05, 0) is 17.7 Å². The van der Waals surface area contributed by atoms with E-state index in [0.29, 0.717) is 38.5 Å². The first-order chi connectivity index (χ1) is 10.1. The molecule has 0 radical (unpaired) electrons. The number of aliphatic hydroxyl groups excluding tert-OH is 1. The quantitative estimate of drug-likeness (QED) is 0.351. The largest absolute Gasteiger partial charge is 0.504 e. The van der Waals surface area contributed by atoms with E-state index in [4.69, 9.17) is 19.7 Å². The number of carbonyl (C=O) groups is 1. The molecule has 7 heteroatoms. The summed E-state index contributed by atoms with van der Waals surface area (Å²) in [5.41, 5.74) is 0.612. The first kappa shape index (κ1) is 17.2. The highest BCUT2D eigenvalue weighted by atomic mass is 16.5. The van der Waals surface area contributed by atoms with E-state index in [0.717, 1.165) is 0 Å². The molecular formula is C14H21NO6. The number of aliphatic hydroxyl groups is 1. The molecule has 0 saturated carbocycles. The molecule has 1 amide bonds. The van der Waals surface area contributed by atoms with Crippen LogP contribution in [-0.4, -0.2) is 60.8 Å². The number of ether oxygens (including phenoxy) is 2. The number of hydrogen-bond donors (Lipinski definition) is 4. The molecule has 0 aliphatic heterocycles. The lowest BCUT2D eigenvalue weighted by molar-refractivity contribution is -0.120. The Bertz CT molecular complexity index is 437. The topological polar surface area (TPSA) is 108 Å². The molecule has 21 heavy (non-hydrogen) atoms. The number of benzene rings is 1. The van der Waals surface area contributed by atoms with Crippen LogP contribution in [0, 0.1) is 0 Å². The van der Waals surface area contributed by atoms with Gasteiger partial charge in [0, 0.05) is 6.54 Å². The van der Waals surface area contributed by atoms with Crippen LogP contribution in [-0.2, 0) is 20.7 Å². The summed E-state index contributed by atoms with van der Waals surface area (Å²) >= 11 is 0. The average molecular weight is 299 g/mol. The Morgan fingerprint density at radius 3 is 2.43 bits per heavy atom. The Hall–Kier alpha value is -1.83. The minimum Gasteiger partial charge on any atom is -0.504 e. The molecule has 0 aliphatic carbocycles. The molecule has 0 spiro atoms. The maximum atomic E-state index is 11.6. The summed E-state index contributed by atoms with van der Waals surface area (Å²) in [6, 6.07) is 4.26. The fourth-order valence-corrected chi connectivity index (χ4v) is 1.58. The lowest BCUT2D eigenvalue weighted by atomic mass is 10.1. The molecule has 1 rings (SSSR count). The van der Waals surface area contributed by atoms with Gasteiger partial charge in [-0.25, -0.2) is 0 Å². The van der Waals surface area contributed by atoms with Crippen molar-refractivity contribution in [2.24, 2.45) is 0 Å². The number of amides is 1. The van der Waals surface area contributed by atoms with E-state index in [-0.39, 0.29) is 30.4 Å². The van der Waals surface area contributed by atoms with Gasteiger partial charge in [-0.15, -0.1) is 0 Å². The molecule has 118 valence electrons. The molecular weight excluding hydrogens is 278 g/mol. The van der Waals surface area contributed by atoms with Crippen LogP contribution in [0.15, 0.2) is 18.2 Å². The highest BCUT2D eigenvalue weighted by molar-refractivity contribution is 5.78. The van der Waals surface area contributed by atoms with Crippen molar-refractivity contribution >= 4 is 5.91 Å². The Morgan fingerprint density at radius 2 is 1.76 bits per heavy atom. The number of aromatic hydroxyl groups is 2. The van der Waals surface area contributed by atoms with Gasteiger partial charge < -0.3 is 30.1 Å². The molecule has 0 unspecified atom stereocenters. The van der Waals surface area contributed by atoms with Crippen molar-refractivity contribution in [1.29, 1.82) is 0 Å². The Kier molecular flexibility index (Phi) is 8.18. The van der Waals surface area contributed by atoms with Gasteiger partial charge in [-0.1, -0.05) is 6.07 Å². The first-order valence-corrected chi connectivity index (χ1v) is 6.67. The zero-order valence-corrected chi connectivity index (χ0v) is 11.7. The lowest BCUT2D eigenvalue weighted by Crippen LogP contribution is -2.29. The van der Waals surface area contributed by atoms with E-state index in [2.05, 4.69) is 5.32 Å². The number of rotatable bonds is 10. The predicted octanol–water partition coefficient (Wildman–Crippen LogP) is -0.218. The molecule has 1 aromatic rings. The van der Waals surface area contributed by atoms with Crippen molar-refractivity contribution in [3.8, 4) is 11.5 Å². The van der Waals surface area contributed by atoms with E-state index in [9.17, 15) is 9.90 Å². The van der Waals surface area contributed by atoms with Gasteiger partial charge in [0.1, 0.15) is 0 Å². The summed E-state index contributed by atoms with van der Waals surface area (Å²) in [6.07, 6.45) is 0.119. The van der Waals surface area contributed by atoms with Crippen LogP contribution in [0.1, 0.15) is 5.56 Å². The molecule has 0 aliphatic rings. The number of carbonyl (C=O) groups excluding carboxylic acids is 1. The first-order valence-electron chi connectivity index (χ1n) is 6.67. The second kappa shape index (κ2) is 9.98. The fourth-order valence-electron chi connectivity index (χ4n) is 1.58. The SMILES string of the molecule is O=C(Cc1ccc(O)c(O)c1)NCCOCCOCCO. The Balaban J connectivity index is 2.10. The molecule has 4 N–H and O–H groups in total. The maximum absolute atomic E-state index is 11.6. The third kappa shape index (κ3) is 7.50. The zero-order chi connectivity index (χ0) is 15.5. The highest BCUT2D eigenvalue weighted by Crippen LogP contribution is 2.24. The lowest BCUT2D eigenvalue weighted by Gasteiger charge is -2.07. The van der Waals surface area contributed by atoms with Gasteiger partial charge in [0.25, 0.3) is 0 Å². The zero-order valence-electron chi connectivity index (χ0n) is 11.7. The molecule has 1 aromatic carbocycles. The number of nitrogens with one attached hydrogen (secondary N) is 1. The van der Waals surface area contributed by atoms with Crippen molar-refractivity contribution in [1.82, 2.24) is 5.32 Å². The minimum absolute atomic E-state index is 0.0110. The standard InChI is InChI=1S/C14H21NO6/c16-4-6-21-8-7-20-5-3-15-14(19)10-11-1-2-12(17)13(18)9-11/h1-2,9,16-18H,3-8,10H2,(H,15,19). The molecule has 0 saturated heterocycles. The predicted molar refractivity (Wildman–Crippen MR) is 75.2 cm³/mol. The van der Waals surface area contributed by atoms with Crippen LogP contribution in [0.4, 0.5) is 0 Å². The van der Waals surface area contributed by atoms with Gasteiger partial charge >= 0.3 is 0 Å². The third-order valence-electron chi connectivity index (χ3n) is 2.58. The third-order valence-corrected chi connectivity index (χ3v) is 2.58. The van der Waals surface area contributed by atoms with E-state index < -0.39 is 0 Å². The van der Waals surface area contributed by atoms with Gasteiger partial charge in [-0.3, -0.25) is 4.79 Å². The van der Waals surface area contributed by atoms with E-state index in [1.165, 1.54) is 12.1 Å². The number of phenols is 2. The van der Waals surface area contributed by atoms with Gasteiger partial charge in [0.15, 0.2) is 11.5 Å². The van der Waals surface area contributed by atoms with Crippen molar-refractivity contribution < 1.29 is 29.6 Å². The average Bonchev–Trinajstić information content (AvgIpc) is 2.46. The van der Waals surface area contributed by atoms with E-state index >= 15 is 0 Å². The van der Waals surface area contributed by atoms with E-state index in [1.54, 1.807) is 6.07 Å². The van der Waals surface area contributed by atoms with E-state index in [1.807, 2.05) is 0 Å². The summed E-state index contributed by atoms with van der Waals surface area (Å²) in [7, 11) is 0. The van der Waals surface area contributed by atoms with Crippen LogP contribution < -0.4 is 5.32 Å². The second-order valence-electron chi connectivity index (χ2n) is 4.30. The highest BCUT2D eigenvalue weighted by Gasteiger charge is 2.05. The normalized spacial score (nSPS) is 10.5.